The van der Waals surface area contributed by atoms with E-state index in [0.29, 0.717) is 12.1 Å². The minimum atomic E-state index is -2.06. The SMILES string of the molecule is Fc1cc([P][P]c2cc(F)c(F)c(F)c2F)c(F)c(F)c1F. The van der Waals surface area contributed by atoms with Crippen LogP contribution < -0.4 is 10.6 Å². The molecule has 0 bridgehead atoms. The summed E-state index contributed by atoms with van der Waals surface area (Å²) in [4.78, 5) is 0. The lowest BCUT2D eigenvalue weighted by molar-refractivity contribution is 0.412. The van der Waals surface area contributed by atoms with Gasteiger partial charge >= 0.3 is 0 Å². The van der Waals surface area contributed by atoms with E-state index in [2.05, 4.69) is 0 Å². The maximum absolute atomic E-state index is 13.4. The Hall–Kier alpha value is -1.26. The molecule has 0 aliphatic carbocycles. The van der Waals surface area contributed by atoms with Gasteiger partial charge in [0.25, 0.3) is 0 Å². The van der Waals surface area contributed by atoms with Gasteiger partial charge in [0.1, 0.15) is 0 Å². The molecular weight excluding hydrogens is 358 g/mol. The molecule has 10 heteroatoms. The summed E-state index contributed by atoms with van der Waals surface area (Å²) in [6, 6.07) is 0.660. The van der Waals surface area contributed by atoms with Gasteiger partial charge in [-0.15, -0.1) is 0 Å². The van der Waals surface area contributed by atoms with Gasteiger partial charge in [-0.3, -0.25) is 0 Å². The maximum Gasteiger partial charge on any atom is 0.198 e. The molecule has 0 saturated heterocycles. The minimum Gasteiger partial charge on any atom is -0.204 e. The monoisotopic (exact) mass is 360 g/mol. The van der Waals surface area contributed by atoms with Crippen LogP contribution in [0.1, 0.15) is 0 Å². The zero-order chi connectivity index (χ0) is 16.6. The van der Waals surface area contributed by atoms with Crippen molar-refractivity contribution >= 4 is 27.1 Å². The van der Waals surface area contributed by atoms with Crippen molar-refractivity contribution in [2.75, 3.05) is 0 Å². The molecule has 0 heterocycles. The van der Waals surface area contributed by atoms with Gasteiger partial charge in [0.2, 0.25) is 0 Å². The summed E-state index contributed by atoms with van der Waals surface area (Å²) in [5, 5.41) is -1.38. The minimum absolute atomic E-state index is 0.330. The Bertz CT molecular complexity index is 683. The molecule has 0 unspecified atom stereocenters. The Morgan fingerprint density at radius 3 is 1.09 bits per heavy atom. The van der Waals surface area contributed by atoms with Gasteiger partial charge in [-0.1, -0.05) is 0 Å². The van der Waals surface area contributed by atoms with Crippen molar-refractivity contribution in [3.05, 3.63) is 58.7 Å². The van der Waals surface area contributed by atoms with E-state index in [1.165, 1.54) is 0 Å². The molecule has 2 rings (SSSR count). The summed E-state index contributed by atoms with van der Waals surface area (Å²) in [5.41, 5.74) is 0. The van der Waals surface area contributed by atoms with E-state index in [1.54, 1.807) is 0 Å². The van der Waals surface area contributed by atoms with E-state index >= 15 is 0 Å². The molecule has 0 aliphatic rings. The molecule has 116 valence electrons. The van der Waals surface area contributed by atoms with Crippen molar-refractivity contribution in [2.45, 2.75) is 0 Å². The molecule has 0 fully saturated rings. The smallest absolute Gasteiger partial charge is 0.198 e. The predicted octanol–water partition coefficient (Wildman–Crippen LogP) is 4.56. The molecular formula is C12H2F8P2. The largest absolute Gasteiger partial charge is 0.204 e. The van der Waals surface area contributed by atoms with Crippen LogP contribution in [-0.4, -0.2) is 0 Å². The summed E-state index contributed by atoms with van der Waals surface area (Å²) in [5.74, 6) is -14.9. The van der Waals surface area contributed by atoms with Crippen LogP contribution in [0, 0.1) is 46.5 Å². The summed E-state index contributed by atoms with van der Waals surface area (Å²) in [6.45, 7) is 0. The average molecular weight is 360 g/mol. The number of hydrogen-bond donors (Lipinski definition) is 0. The molecule has 0 N–H and O–H groups in total. The first kappa shape index (κ1) is 17.1. The average Bonchev–Trinajstić information content (AvgIpc) is 2.49. The second-order valence-corrected chi connectivity index (χ2v) is 6.40. The third-order valence-corrected chi connectivity index (χ3v) is 5.21. The lowest BCUT2D eigenvalue weighted by atomic mass is 10.3. The number of hydrogen-bond acceptors (Lipinski definition) is 0. The second-order valence-electron chi connectivity index (χ2n) is 3.84. The summed E-state index contributed by atoms with van der Waals surface area (Å²) in [7, 11) is -0.660. The van der Waals surface area contributed by atoms with Crippen molar-refractivity contribution in [1.29, 1.82) is 0 Å². The van der Waals surface area contributed by atoms with Gasteiger partial charge in [0, 0.05) is 10.6 Å². The number of benzene rings is 2. The maximum atomic E-state index is 13.4. The van der Waals surface area contributed by atoms with E-state index in [9.17, 15) is 35.1 Å². The molecule has 2 aromatic rings. The van der Waals surface area contributed by atoms with Crippen LogP contribution in [0.3, 0.4) is 0 Å². The highest BCUT2D eigenvalue weighted by molar-refractivity contribution is 8.18. The predicted molar refractivity (Wildman–Crippen MR) is 65.7 cm³/mol. The fourth-order valence-corrected chi connectivity index (χ4v) is 3.82. The highest BCUT2D eigenvalue weighted by Crippen LogP contribution is 2.38. The Labute approximate surface area is 122 Å². The quantitative estimate of drug-likeness (QED) is 0.326. The molecule has 0 nitrogen and oxygen atoms in total. The van der Waals surface area contributed by atoms with Crippen molar-refractivity contribution in [1.82, 2.24) is 0 Å². The van der Waals surface area contributed by atoms with E-state index < -0.39 is 57.1 Å². The van der Waals surface area contributed by atoms with Gasteiger partial charge < -0.3 is 0 Å². The normalized spacial score (nSPS) is 12.2. The van der Waals surface area contributed by atoms with Gasteiger partial charge in [-0.2, -0.15) is 0 Å². The molecule has 0 saturated carbocycles. The Kier molecular flexibility index (Phi) is 5.03. The zero-order valence-electron chi connectivity index (χ0n) is 10.1. The van der Waals surface area contributed by atoms with E-state index in [-0.39, 0.29) is 16.5 Å². The number of halogens is 8. The first-order valence-electron chi connectivity index (χ1n) is 5.31. The van der Waals surface area contributed by atoms with Crippen molar-refractivity contribution < 1.29 is 35.1 Å². The van der Waals surface area contributed by atoms with Crippen LogP contribution in [0.4, 0.5) is 35.1 Å². The van der Waals surface area contributed by atoms with E-state index in [4.69, 9.17) is 0 Å². The Morgan fingerprint density at radius 1 is 0.455 bits per heavy atom. The topological polar surface area (TPSA) is 0 Å². The van der Waals surface area contributed by atoms with Crippen LogP contribution >= 0.6 is 16.5 Å². The highest BCUT2D eigenvalue weighted by atomic mass is 32.0. The van der Waals surface area contributed by atoms with E-state index in [0.717, 1.165) is 0 Å². The molecule has 2 radical (unpaired) electrons. The lowest BCUT2D eigenvalue weighted by Crippen LogP contribution is -2.12. The second kappa shape index (κ2) is 6.47. The molecule has 0 aliphatic heterocycles. The first-order chi connectivity index (χ1) is 10.2. The van der Waals surface area contributed by atoms with E-state index in [1.807, 2.05) is 0 Å². The zero-order valence-corrected chi connectivity index (χ0v) is 11.9. The summed E-state index contributed by atoms with van der Waals surface area (Å²) >= 11 is 0. The molecule has 0 spiro atoms. The van der Waals surface area contributed by atoms with Gasteiger partial charge in [0.15, 0.2) is 46.5 Å². The standard InChI is InChI=1S/C12H2F8P2/c13-3-1-5(9(17)11(19)7(3)15)21-22-6-2-4(14)8(16)12(20)10(6)18/h1-2H. The molecule has 0 aromatic heterocycles. The van der Waals surface area contributed by atoms with Crippen LogP contribution in [0.25, 0.3) is 0 Å². The number of rotatable bonds is 3. The molecule has 2 aromatic carbocycles. The van der Waals surface area contributed by atoms with Crippen LogP contribution in [0.15, 0.2) is 12.1 Å². The lowest BCUT2D eigenvalue weighted by Gasteiger charge is -2.07. The van der Waals surface area contributed by atoms with Crippen molar-refractivity contribution in [2.24, 2.45) is 0 Å². The molecule has 22 heavy (non-hydrogen) atoms. The van der Waals surface area contributed by atoms with Gasteiger partial charge in [-0.25, -0.2) is 35.1 Å². The van der Waals surface area contributed by atoms with Crippen LogP contribution in [-0.2, 0) is 0 Å². The van der Waals surface area contributed by atoms with Crippen molar-refractivity contribution in [3.63, 3.8) is 0 Å². The summed E-state index contributed by atoms with van der Waals surface area (Å²) < 4.78 is 104. The Balaban J connectivity index is 2.32. The van der Waals surface area contributed by atoms with Gasteiger partial charge in [0.05, 0.1) is 0 Å². The fourth-order valence-electron chi connectivity index (χ4n) is 1.37. The highest BCUT2D eigenvalue weighted by Gasteiger charge is 2.22. The fraction of sp³-hybridized carbons (Fsp3) is 0. The third-order valence-electron chi connectivity index (χ3n) is 2.43. The molecule has 0 amide bonds. The van der Waals surface area contributed by atoms with Crippen LogP contribution in [0.5, 0.6) is 0 Å². The van der Waals surface area contributed by atoms with Crippen LogP contribution in [0.2, 0.25) is 0 Å². The van der Waals surface area contributed by atoms with Gasteiger partial charge in [-0.05, 0) is 28.7 Å². The Morgan fingerprint density at radius 2 is 0.773 bits per heavy atom. The van der Waals surface area contributed by atoms with Crippen molar-refractivity contribution in [3.8, 4) is 0 Å². The summed E-state index contributed by atoms with van der Waals surface area (Å²) in [6.07, 6.45) is 0. The third kappa shape index (κ3) is 3.08. The first-order valence-corrected chi connectivity index (χ1v) is 7.81. The molecule has 0 atom stereocenters.